The highest BCUT2D eigenvalue weighted by Gasteiger charge is 2.30. The highest BCUT2D eigenvalue weighted by molar-refractivity contribution is 5.57. The van der Waals surface area contributed by atoms with Crippen molar-refractivity contribution < 1.29 is 0 Å². The Morgan fingerprint density at radius 3 is 2.53 bits per heavy atom. The third-order valence-electron chi connectivity index (χ3n) is 4.47. The molecule has 19 heavy (non-hydrogen) atoms. The molecule has 0 amide bonds. The zero-order valence-electron chi connectivity index (χ0n) is 12.5. The highest BCUT2D eigenvalue weighted by Crippen LogP contribution is 2.34. The normalized spacial score (nSPS) is 26.4. The average Bonchev–Trinajstić information content (AvgIpc) is 2.73. The fourth-order valence-electron chi connectivity index (χ4n) is 2.98. The lowest BCUT2D eigenvalue weighted by molar-refractivity contribution is 0.435. The molecule has 0 aromatic carbocycles. The Morgan fingerprint density at radius 1 is 1.21 bits per heavy atom. The van der Waals surface area contributed by atoms with E-state index >= 15 is 0 Å². The van der Waals surface area contributed by atoms with Crippen LogP contribution in [0.4, 0.5) is 11.6 Å². The lowest BCUT2D eigenvalue weighted by Crippen LogP contribution is -2.25. The molecule has 1 aliphatic carbocycles. The minimum Gasteiger partial charge on any atom is -0.373 e. The van der Waals surface area contributed by atoms with Crippen molar-refractivity contribution in [2.75, 3.05) is 17.7 Å². The van der Waals surface area contributed by atoms with Gasteiger partial charge in [-0.05, 0) is 31.1 Å². The number of nitrogens with one attached hydrogen (secondary N) is 2. The van der Waals surface area contributed by atoms with Crippen molar-refractivity contribution in [3.8, 4) is 0 Å². The van der Waals surface area contributed by atoms with E-state index in [0.717, 1.165) is 30.4 Å². The second-order valence-electron chi connectivity index (χ2n) is 5.71. The quantitative estimate of drug-likeness (QED) is 0.854. The Balaban J connectivity index is 2.19. The number of hydrogen-bond donors (Lipinski definition) is 2. The van der Waals surface area contributed by atoms with Gasteiger partial charge >= 0.3 is 0 Å². The number of aromatic nitrogens is 2. The van der Waals surface area contributed by atoms with Crippen LogP contribution in [0.25, 0.3) is 0 Å². The molecule has 0 radical (unpaired) electrons. The standard InChI is InChI=1S/C15H26N4/c1-5-6-12-14(16-4)17-9-18-15(12)19-13-8-7-10(2)11(13)3/h9-11,13H,5-8H2,1-4H3,(H2,16,17,18,19). The number of hydrogen-bond acceptors (Lipinski definition) is 4. The second-order valence-corrected chi connectivity index (χ2v) is 5.71. The van der Waals surface area contributed by atoms with E-state index in [2.05, 4.69) is 41.4 Å². The van der Waals surface area contributed by atoms with Crippen LogP contribution >= 0.6 is 0 Å². The van der Waals surface area contributed by atoms with Crippen molar-refractivity contribution >= 4 is 11.6 Å². The van der Waals surface area contributed by atoms with E-state index in [1.807, 2.05) is 7.05 Å². The summed E-state index contributed by atoms with van der Waals surface area (Å²) in [5, 5.41) is 6.83. The molecule has 3 unspecified atom stereocenters. The molecule has 1 fully saturated rings. The monoisotopic (exact) mass is 262 g/mol. The van der Waals surface area contributed by atoms with E-state index in [9.17, 15) is 0 Å². The van der Waals surface area contributed by atoms with Crippen LogP contribution in [0.1, 0.15) is 45.6 Å². The van der Waals surface area contributed by atoms with Gasteiger partial charge in [-0.3, -0.25) is 0 Å². The lowest BCUT2D eigenvalue weighted by atomic mass is 9.97. The van der Waals surface area contributed by atoms with E-state index in [1.165, 1.54) is 18.4 Å². The summed E-state index contributed by atoms with van der Waals surface area (Å²) in [7, 11) is 1.92. The van der Waals surface area contributed by atoms with Gasteiger partial charge in [0.05, 0.1) is 0 Å². The molecule has 0 saturated heterocycles. The molecular formula is C15H26N4. The predicted molar refractivity (Wildman–Crippen MR) is 80.5 cm³/mol. The molecule has 0 spiro atoms. The molecule has 0 aliphatic heterocycles. The first kappa shape index (κ1) is 14.1. The highest BCUT2D eigenvalue weighted by atomic mass is 15.1. The van der Waals surface area contributed by atoms with Crippen LogP contribution in [0.2, 0.25) is 0 Å². The third kappa shape index (κ3) is 2.99. The maximum Gasteiger partial charge on any atom is 0.134 e. The van der Waals surface area contributed by atoms with Gasteiger partial charge in [0.2, 0.25) is 0 Å². The fourth-order valence-corrected chi connectivity index (χ4v) is 2.98. The maximum absolute atomic E-state index is 4.47. The van der Waals surface area contributed by atoms with Crippen LogP contribution in [0.3, 0.4) is 0 Å². The summed E-state index contributed by atoms with van der Waals surface area (Å²) in [6.45, 7) is 6.88. The Kier molecular flexibility index (Phi) is 4.61. The summed E-state index contributed by atoms with van der Waals surface area (Å²) >= 11 is 0. The van der Waals surface area contributed by atoms with Crippen LogP contribution in [0.15, 0.2) is 6.33 Å². The molecule has 1 saturated carbocycles. The first-order chi connectivity index (χ1) is 9.17. The minimum absolute atomic E-state index is 0.546. The van der Waals surface area contributed by atoms with Crippen LogP contribution < -0.4 is 10.6 Å². The third-order valence-corrected chi connectivity index (χ3v) is 4.47. The Bertz CT molecular complexity index is 419. The van der Waals surface area contributed by atoms with E-state index in [-0.39, 0.29) is 0 Å². The summed E-state index contributed by atoms with van der Waals surface area (Å²) in [6.07, 6.45) is 6.32. The molecule has 106 valence electrons. The van der Waals surface area contributed by atoms with Gasteiger partial charge in [-0.2, -0.15) is 0 Å². The van der Waals surface area contributed by atoms with Gasteiger partial charge in [-0.1, -0.05) is 27.2 Å². The molecule has 4 nitrogen and oxygen atoms in total. The largest absolute Gasteiger partial charge is 0.373 e. The lowest BCUT2D eigenvalue weighted by Gasteiger charge is -2.22. The molecular weight excluding hydrogens is 236 g/mol. The van der Waals surface area contributed by atoms with Crippen LogP contribution in [0, 0.1) is 11.8 Å². The molecule has 1 aromatic heterocycles. The van der Waals surface area contributed by atoms with Crippen molar-refractivity contribution in [3.05, 3.63) is 11.9 Å². The van der Waals surface area contributed by atoms with Gasteiger partial charge in [0.25, 0.3) is 0 Å². The Morgan fingerprint density at radius 2 is 1.95 bits per heavy atom. The van der Waals surface area contributed by atoms with Gasteiger partial charge in [0.15, 0.2) is 0 Å². The molecule has 1 aromatic rings. The Labute approximate surface area is 116 Å². The van der Waals surface area contributed by atoms with E-state index in [1.54, 1.807) is 6.33 Å². The fraction of sp³-hybridized carbons (Fsp3) is 0.733. The minimum atomic E-state index is 0.546. The number of anilines is 2. The van der Waals surface area contributed by atoms with Crippen molar-refractivity contribution in [1.29, 1.82) is 0 Å². The number of rotatable bonds is 5. The molecule has 2 rings (SSSR count). The van der Waals surface area contributed by atoms with Crippen LogP contribution in [-0.4, -0.2) is 23.1 Å². The SMILES string of the molecule is CCCc1c(NC)ncnc1NC1CCC(C)C1C. The molecule has 0 bridgehead atoms. The summed E-state index contributed by atoms with van der Waals surface area (Å²) in [6, 6.07) is 0.546. The number of nitrogens with zero attached hydrogens (tertiary/aromatic N) is 2. The summed E-state index contributed by atoms with van der Waals surface area (Å²) < 4.78 is 0. The maximum atomic E-state index is 4.47. The summed E-state index contributed by atoms with van der Waals surface area (Å²) in [5.74, 6) is 3.49. The van der Waals surface area contributed by atoms with Crippen molar-refractivity contribution in [3.63, 3.8) is 0 Å². The summed E-state index contributed by atoms with van der Waals surface area (Å²) in [4.78, 5) is 8.79. The van der Waals surface area contributed by atoms with E-state index in [4.69, 9.17) is 0 Å². The van der Waals surface area contributed by atoms with Gasteiger partial charge in [0.1, 0.15) is 18.0 Å². The molecule has 3 atom stereocenters. The molecule has 1 aliphatic rings. The predicted octanol–water partition coefficient (Wildman–Crippen LogP) is 3.32. The summed E-state index contributed by atoms with van der Waals surface area (Å²) in [5.41, 5.74) is 1.22. The van der Waals surface area contributed by atoms with Gasteiger partial charge in [0, 0.05) is 18.7 Å². The first-order valence-electron chi connectivity index (χ1n) is 7.45. The van der Waals surface area contributed by atoms with Crippen LogP contribution in [-0.2, 0) is 6.42 Å². The van der Waals surface area contributed by atoms with Crippen LogP contribution in [0.5, 0.6) is 0 Å². The van der Waals surface area contributed by atoms with Gasteiger partial charge in [-0.25, -0.2) is 9.97 Å². The van der Waals surface area contributed by atoms with Crippen molar-refractivity contribution in [2.45, 2.75) is 52.5 Å². The van der Waals surface area contributed by atoms with E-state index in [0.29, 0.717) is 12.0 Å². The second kappa shape index (κ2) is 6.22. The van der Waals surface area contributed by atoms with E-state index < -0.39 is 0 Å². The average molecular weight is 262 g/mol. The Hall–Kier alpha value is -1.32. The van der Waals surface area contributed by atoms with Gasteiger partial charge in [-0.15, -0.1) is 0 Å². The topological polar surface area (TPSA) is 49.8 Å². The van der Waals surface area contributed by atoms with Gasteiger partial charge < -0.3 is 10.6 Å². The molecule has 4 heteroatoms. The zero-order chi connectivity index (χ0) is 13.8. The van der Waals surface area contributed by atoms with Crippen molar-refractivity contribution in [1.82, 2.24) is 9.97 Å². The first-order valence-corrected chi connectivity index (χ1v) is 7.45. The van der Waals surface area contributed by atoms with Crippen molar-refractivity contribution in [2.24, 2.45) is 11.8 Å². The molecule has 1 heterocycles. The smallest absolute Gasteiger partial charge is 0.134 e. The molecule has 2 N–H and O–H groups in total. The zero-order valence-corrected chi connectivity index (χ0v) is 12.5.